The summed E-state index contributed by atoms with van der Waals surface area (Å²) in [5.74, 6) is 1.53. The van der Waals surface area contributed by atoms with Crippen LogP contribution >= 0.6 is 12.4 Å². The lowest BCUT2D eigenvalue weighted by atomic mass is 10.1. The van der Waals surface area contributed by atoms with E-state index in [-0.39, 0.29) is 12.4 Å². The highest BCUT2D eigenvalue weighted by Gasteiger charge is 2.19. The first-order valence-corrected chi connectivity index (χ1v) is 6.02. The maximum Gasteiger partial charge on any atom is 0.226 e. The van der Waals surface area contributed by atoms with Crippen LogP contribution in [0.1, 0.15) is 31.5 Å². The molecule has 6 heteroatoms. The van der Waals surface area contributed by atoms with Crippen LogP contribution in [0, 0.1) is 0 Å². The molecule has 1 aromatic heterocycles. The van der Waals surface area contributed by atoms with E-state index in [1.165, 1.54) is 12.8 Å². The molecule has 2 heterocycles. The van der Waals surface area contributed by atoms with Gasteiger partial charge in [-0.1, -0.05) is 12.1 Å². The van der Waals surface area contributed by atoms with E-state index in [0.29, 0.717) is 6.04 Å². The van der Waals surface area contributed by atoms with Crippen LogP contribution in [0.5, 0.6) is 0 Å². The lowest BCUT2D eigenvalue weighted by Gasteiger charge is -2.30. The number of nitrogens with one attached hydrogen (secondary N) is 1. The van der Waals surface area contributed by atoms with Gasteiger partial charge < -0.3 is 9.84 Å². The van der Waals surface area contributed by atoms with Crippen molar-refractivity contribution in [3.05, 3.63) is 11.7 Å². The van der Waals surface area contributed by atoms with Gasteiger partial charge in [0.2, 0.25) is 5.89 Å². The largest absolute Gasteiger partial charge is 0.339 e. The molecule has 1 fully saturated rings. The molecule has 0 unspecified atom stereocenters. The van der Waals surface area contributed by atoms with Crippen LogP contribution in [-0.4, -0.2) is 41.2 Å². The van der Waals surface area contributed by atoms with Crippen molar-refractivity contribution in [2.75, 3.05) is 20.1 Å². The Labute approximate surface area is 108 Å². The summed E-state index contributed by atoms with van der Waals surface area (Å²) in [6, 6.07) is 0.643. The monoisotopic (exact) mass is 260 g/mol. The number of piperidine rings is 1. The molecule has 1 N–H and O–H groups in total. The summed E-state index contributed by atoms with van der Waals surface area (Å²) in [6.45, 7) is 5.03. The lowest BCUT2D eigenvalue weighted by molar-refractivity contribution is 0.186. The highest BCUT2D eigenvalue weighted by molar-refractivity contribution is 5.85. The highest BCUT2D eigenvalue weighted by atomic mass is 35.5. The van der Waals surface area contributed by atoms with E-state index in [4.69, 9.17) is 4.52 Å². The van der Waals surface area contributed by atoms with Crippen LogP contribution in [0.4, 0.5) is 0 Å². The van der Waals surface area contributed by atoms with Gasteiger partial charge in [0.25, 0.3) is 0 Å². The molecule has 1 saturated heterocycles. The number of hydrogen-bond donors (Lipinski definition) is 1. The zero-order valence-corrected chi connectivity index (χ0v) is 11.3. The van der Waals surface area contributed by atoms with Crippen LogP contribution in [-0.2, 0) is 13.0 Å². The van der Waals surface area contributed by atoms with Crippen molar-refractivity contribution in [2.24, 2.45) is 0 Å². The number of aromatic nitrogens is 2. The van der Waals surface area contributed by atoms with E-state index < -0.39 is 0 Å². The van der Waals surface area contributed by atoms with Gasteiger partial charge in [-0.3, -0.25) is 4.90 Å². The third-order valence-corrected chi connectivity index (χ3v) is 3.14. The minimum absolute atomic E-state index is 0. The van der Waals surface area contributed by atoms with Gasteiger partial charge in [-0.15, -0.1) is 12.4 Å². The number of hydrogen-bond acceptors (Lipinski definition) is 5. The summed E-state index contributed by atoms with van der Waals surface area (Å²) in [5.41, 5.74) is 0. The van der Waals surface area contributed by atoms with Crippen molar-refractivity contribution >= 4 is 12.4 Å². The van der Waals surface area contributed by atoms with E-state index in [2.05, 4.69) is 27.4 Å². The van der Waals surface area contributed by atoms with Gasteiger partial charge in [-0.25, -0.2) is 0 Å². The van der Waals surface area contributed by atoms with Gasteiger partial charge in [0, 0.05) is 12.5 Å². The quantitative estimate of drug-likeness (QED) is 0.883. The van der Waals surface area contributed by atoms with E-state index in [9.17, 15) is 0 Å². The number of nitrogens with zero attached hydrogens (tertiary/aromatic N) is 3. The van der Waals surface area contributed by atoms with Crippen molar-refractivity contribution in [3.63, 3.8) is 0 Å². The first kappa shape index (κ1) is 14.4. The first-order chi connectivity index (χ1) is 7.79. The molecular formula is C11H21ClN4O. The van der Waals surface area contributed by atoms with Gasteiger partial charge in [0.1, 0.15) is 0 Å². The molecule has 1 aliphatic rings. The fraction of sp³-hybridized carbons (Fsp3) is 0.818. The van der Waals surface area contributed by atoms with Crippen LogP contribution < -0.4 is 5.32 Å². The summed E-state index contributed by atoms with van der Waals surface area (Å²) in [4.78, 5) is 6.65. The van der Waals surface area contributed by atoms with Crippen LogP contribution in [0.15, 0.2) is 4.52 Å². The molecular weight excluding hydrogens is 240 g/mol. The Morgan fingerprint density at radius 2 is 2.12 bits per heavy atom. The Bertz CT molecular complexity index is 325. The Morgan fingerprint density at radius 1 is 1.41 bits per heavy atom. The van der Waals surface area contributed by atoms with Crippen molar-refractivity contribution in [2.45, 2.75) is 38.8 Å². The van der Waals surface area contributed by atoms with Gasteiger partial charge >= 0.3 is 0 Å². The molecule has 0 aliphatic carbocycles. The molecule has 0 saturated carbocycles. The van der Waals surface area contributed by atoms with E-state index >= 15 is 0 Å². The van der Waals surface area contributed by atoms with Crippen LogP contribution in [0.2, 0.25) is 0 Å². The molecule has 5 nitrogen and oxygen atoms in total. The van der Waals surface area contributed by atoms with Crippen molar-refractivity contribution in [1.82, 2.24) is 20.4 Å². The fourth-order valence-electron chi connectivity index (χ4n) is 2.10. The molecule has 98 valence electrons. The molecule has 2 rings (SSSR count). The molecule has 0 aromatic carbocycles. The zero-order valence-electron chi connectivity index (χ0n) is 10.5. The number of rotatable bonds is 4. The van der Waals surface area contributed by atoms with Crippen molar-refractivity contribution < 1.29 is 4.52 Å². The third kappa shape index (κ3) is 3.94. The van der Waals surface area contributed by atoms with Crippen molar-refractivity contribution in [3.8, 4) is 0 Å². The van der Waals surface area contributed by atoms with Gasteiger partial charge in [0.05, 0.1) is 6.54 Å². The standard InChI is InChI=1S/C11H20N4O.ClH/c1-3-11-13-10(14-16-11)8-15(2)9-4-6-12-7-5-9;/h9,12H,3-8H2,1-2H3;1H. The summed E-state index contributed by atoms with van der Waals surface area (Å²) >= 11 is 0. The summed E-state index contributed by atoms with van der Waals surface area (Å²) < 4.78 is 5.10. The molecule has 0 atom stereocenters. The minimum Gasteiger partial charge on any atom is -0.339 e. The molecule has 0 bridgehead atoms. The molecule has 0 radical (unpaired) electrons. The molecule has 1 aliphatic heterocycles. The van der Waals surface area contributed by atoms with Crippen molar-refractivity contribution in [1.29, 1.82) is 0 Å². The molecule has 17 heavy (non-hydrogen) atoms. The Hall–Kier alpha value is -0.650. The maximum atomic E-state index is 5.10. The second-order valence-corrected chi connectivity index (χ2v) is 4.35. The second-order valence-electron chi connectivity index (χ2n) is 4.35. The highest BCUT2D eigenvalue weighted by Crippen LogP contribution is 2.12. The van der Waals surface area contributed by atoms with Gasteiger partial charge in [-0.2, -0.15) is 4.98 Å². The predicted octanol–water partition coefficient (Wildman–Crippen LogP) is 1.24. The van der Waals surface area contributed by atoms with E-state index in [1.54, 1.807) is 0 Å². The topological polar surface area (TPSA) is 54.2 Å². The van der Waals surface area contributed by atoms with Crippen LogP contribution in [0.25, 0.3) is 0 Å². The zero-order chi connectivity index (χ0) is 11.4. The number of halogens is 1. The average Bonchev–Trinajstić information content (AvgIpc) is 2.78. The second kappa shape index (κ2) is 6.93. The lowest BCUT2D eigenvalue weighted by Crippen LogP contribution is -2.40. The maximum absolute atomic E-state index is 5.10. The Balaban J connectivity index is 0.00000144. The SMILES string of the molecule is CCc1nc(CN(C)C2CCNCC2)no1.Cl. The first-order valence-electron chi connectivity index (χ1n) is 6.02. The summed E-state index contributed by atoms with van der Waals surface area (Å²) in [6.07, 6.45) is 3.22. The summed E-state index contributed by atoms with van der Waals surface area (Å²) in [5, 5.41) is 7.35. The normalized spacial score (nSPS) is 17.1. The smallest absolute Gasteiger partial charge is 0.226 e. The van der Waals surface area contributed by atoms with E-state index in [1.807, 2.05) is 6.92 Å². The minimum atomic E-state index is 0. The van der Waals surface area contributed by atoms with Gasteiger partial charge in [-0.05, 0) is 33.0 Å². The fourth-order valence-corrected chi connectivity index (χ4v) is 2.10. The van der Waals surface area contributed by atoms with Crippen LogP contribution in [0.3, 0.4) is 0 Å². The molecule has 0 spiro atoms. The number of aryl methyl sites for hydroxylation is 1. The predicted molar refractivity (Wildman–Crippen MR) is 68.3 cm³/mol. The Kier molecular flexibility index (Phi) is 5.88. The van der Waals surface area contributed by atoms with E-state index in [0.717, 1.165) is 37.8 Å². The average molecular weight is 261 g/mol. The Morgan fingerprint density at radius 3 is 2.71 bits per heavy atom. The van der Waals surface area contributed by atoms with Gasteiger partial charge in [0.15, 0.2) is 5.82 Å². The molecule has 1 aromatic rings. The molecule has 0 amide bonds. The summed E-state index contributed by atoms with van der Waals surface area (Å²) in [7, 11) is 2.14. The third-order valence-electron chi connectivity index (χ3n) is 3.14.